The van der Waals surface area contributed by atoms with Crippen molar-refractivity contribution >= 4 is 33.5 Å². The largest absolute Gasteiger partial charge is 0.496 e. The van der Waals surface area contributed by atoms with Gasteiger partial charge in [0.25, 0.3) is 5.56 Å². The van der Waals surface area contributed by atoms with E-state index in [1.165, 1.54) is 43.7 Å². The van der Waals surface area contributed by atoms with Crippen molar-refractivity contribution in [1.82, 2.24) is 9.13 Å². The van der Waals surface area contributed by atoms with Gasteiger partial charge in [0, 0.05) is 5.56 Å². The molecule has 0 radical (unpaired) electrons. The fourth-order valence-corrected chi connectivity index (χ4v) is 5.69. The number of hydrogen-bond acceptors (Lipinski definition) is 10. The number of ether oxygens (including phenoxy) is 4. The quantitative estimate of drug-likeness (QED) is 0.223. The second kappa shape index (κ2) is 13.1. The summed E-state index contributed by atoms with van der Waals surface area (Å²) in [5.41, 5.74) is -3.83. The first kappa shape index (κ1) is 33.5. The highest BCUT2D eigenvalue weighted by molar-refractivity contribution is 7.20. The first-order valence-corrected chi connectivity index (χ1v) is 14.4. The number of carbonyl (C=O) groups is 2. The van der Waals surface area contributed by atoms with Gasteiger partial charge in [0.2, 0.25) is 0 Å². The highest BCUT2D eigenvalue weighted by Gasteiger charge is 2.39. The molecule has 0 saturated carbocycles. The van der Waals surface area contributed by atoms with E-state index in [0.29, 0.717) is 0 Å². The Balaban J connectivity index is 2.40. The number of methoxy groups -OCH3 is 1. The zero-order valence-electron chi connectivity index (χ0n) is 25.5. The number of fused-ring (bicyclic) bond motifs is 1. The molecule has 232 valence electrons. The Morgan fingerprint density at radius 1 is 1.16 bits per heavy atom. The van der Waals surface area contributed by atoms with Crippen LogP contribution in [-0.2, 0) is 31.1 Å². The lowest BCUT2D eigenvalue weighted by Crippen LogP contribution is -2.54. The van der Waals surface area contributed by atoms with E-state index in [9.17, 15) is 23.6 Å². The predicted octanol–water partition coefficient (Wildman–Crippen LogP) is 4.61. The smallest absolute Gasteiger partial charge is 0.348 e. The van der Waals surface area contributed by atoms with Crippen LogP contribution in [0.2, 0.25) is 0 Å². The van der Waals surface area contributed by atoms with Crippen LogP contribution in [0.15, 0.2) is 27.8 Å². The van der Waals surface area contributed by atoms with Crippen LogP contribution in [0.1, 0.15) is 74.9 Å². The summed E-state index contributed by atoms with van der Waals surface area (Å²) in [6, 6.07) is 5.79. The minimum Gasteiger partial charge on any atom is -0.496 e. The van der Waals surface area contributed by atoms with Crippen molar-refractivity contribution < 1.29 is 32.9 Å². The number of benzene rings is 1. The van der Waals surface area contributed by atoms with Gasteiger partial charge in [0.05, 0.1) is 44.7 Å². The van der Waals surface area contributed by atoms with Crippen LogP contribution >= 0.6 is 11.3 Å². The van der Waals surface area contributed by atoms with E-state index in [-0.39, 0.29) is 58.1 Å². The second-order valence-electron chi connectivity index (χ2n) is 11.2. The van der Waals surface area contributed by atoms with E-state index in [4.69, 9.17) is 24.2 Å². The average Bonchev–Trinajstić information content (AvgIpc) is 3.26. The van der Waals surface area contributed by atoms with Crippen molar-refractivity contribution in [3.8, 4) is 11.8 Å². The maximum absolute atomic E-state index is 14.4. The van der Waals surface area contributed by atoms with Crippen LogP contribution in [0.5, 0.6) is 5.75 Å². The fourth-order valence-electron chi connectivity index (χ4n) is 4.50. The molecule has 0 N–H and O–H groups in total. The van der Waals surface area contributed by atoms with E-state index >= 15 is 0 Å². The number of aromatic nitrogens is 2. The summed E-state index contributed by atoms with van der Waals surface area (Å²) >= 11 is 0.889. The third kappa shape index (κ3) is 6.97. The maximum Gasteiger partial charge on any atom is 0.348 e. The molecule has 1 unspecified atom stereocenters. The standard InChI is InChI=1S/C30H36FN3O8S/c1-9-40-26(36)23-17(2)22-24(35)34(30(6,7)27(37)42-29(3,4)5)28(38)33(25(22)43-23)16-21(41-14-10-13-32)19-15-18(31)11-12-20(19)39-8/h11-12,15,21H,9-10,14,16H2,1-8H3. The Morgan fingerprint density at radius 2 is 1.84 bits per heavy atom. The van der Waals surface area contributed by atoms with Crippen LogP contribution < -0.4 is 16.0 Å². The highest BCUT2D eigenvalue weighted by atomic mass is 32.1. The second-order valence-corrected chi connectivity index (χ2v) is 12.2. The van der Waals surface area contributed by atoms with Gasteiger partial charge in [-0.3, -0.25) is 9.36 Å². The number of nitriles is 1. The molecule has 0 saturated heterocycles. The van der Waals surface area contributed by atoms with Gasteiger partial charge in [-0.25, -0.2) is 23.3 Å². The number of aryl methyl sites for hydroxylation is 1. The number of nitrogens with zero attached hydrogens (tertiary/aromatic N) is 3. The summed E-state index contributed by atoms with van der Waals surface area (Å²) in [6.45, 7) is 10.7. The Kier molecular flexibility index (Phi) is 10.2. The summed E-state index contributed by atoms with van der Waals surface area (Å²) < 4.78 is 38.6. The molecule has 0 aliphatic heterocycles. The molecular formula is C30H36FN3O8S. The molecule has 0 amide bonds. The highest BCUT2D eigenvalue weighted by Crippen LogP contribution is 2.34. The Hall–Kier alpha value is -4.02. The molecule has 1 aromatic carbocycles. The monoisotopic (exact) mass is 617 g/mol. The Labute approximate surface area is 252 Å². The van der Waals surface area contributed by atoms with E-state index in [0.717, 1.165) is 15.9 Å². The van der Waals surface area contributed by atoms with Gasteiger partial charge < -0.3 is 18.9 Å². The number of rotatable bonds is 11. The lowest BCUT2D eigenvalue weighted by molar-refractivity contribution is -0.164. The summed E-state index contributed by atoms with van der Waals surface area (Å²) in [7, 11) is 1.39. The van der Waals surface area contributed by atoms with Gasteiger partial charge in [-0.15, -0.1) is 11.3 Å². The van der Waals surface area contributed by atoms with Crippen LogP contribution in [0.25, 0.3) is 10.2 Å². The number of hydrogen-bond donors (Lipinski definition) is 0. The zero-order chi connectivity index (χ0) is 32.3. The molecule has 1 atom stereocenters. The molecule has 13 heteroatoms. The first-order chi connectivity index (χ1) is 20.1. The third-order valence-electron chi connectivity index (χ3n) is 6.55. The van der Waals surface area contributed by atoms with Gasteiger partial charge in [0.1, 0.15) is 38.5 Å². The summed E-state index contributed by atoms with van der Waals surface area (Å²) in [6.07, 6.45) is -1.03. The minimum atomic E-state index is -1.77. The molecule has 43 heavy (non-hydrogen) atoms. The van der Waals surface area contributed by atoms with Crippen molar-refractivity contribution in [1.29, 1.82) is 5.26 Å². The average molecular weight is 618 g/mol. The van der Waals surface area contributed by atoms with Crippen LogP contribution in [0, 0.1) is 24.1 Å². The van der Waals surface area contributed by atoms with Crippen LogP contribution in [0.3, 0.4) is 0 Å². The Morgan fingerprint density at radius 3 is 2.42 bits per heavy atom. The fraction of sp³-hybridized carbons (Fsp3) is 0.500. The summed E-state index contributed by atoms with van der Waals surface area (Å²) in [5.74, 6) is -1.82. The zero-order valence-corrected chi connectivity index (χ0v) is 26.3. The van der Waals surface area contributed by atoms with Gasteiger partial charge in [-0.1, -0.05) is 0 Å². The normalized spacial score (nSPS) is 12.6. The molecule has 3 aromatic rings. The third-order valence-corrected chi connectivity index (χ3v) is 7.85. The molecule has 2 heterocycles. The van der Waals surface area contributed by atoms with E-state index in [1.54, 1.807) is 34.6 Å². The number of thiophene rings is 1. The van der Waals surface area contributed by atoms with Crippen molar-refractivity contribution in [2.45, 2.75) is 78.7 Å². The molecular weight excluding hydrogens is 581 g/mol. The molecule has 11 nitrogen and oxygen atoms in total. The molecule has 2 aromatic heterocycles. The van der Waals surface area contributed by atoms with Crippen molar-refractivity contribution in [2.24, 2.45) is 0 Å². The van der Waals surface area contributed by atoms with Crippen molar-refractivity contribution in [3.63, 3.8) is 0 Å². The van der Waals surface area contributed by atoms with E-state index in [2.05, 4.69) is 0 Å². The van der Waals surface area contributed by atoms with Crippen LogP contribution in [-0.4, -0.2) is 47.0 Å². The molecule has 0 fully saturated rings. The molecule has 0 spiro atoms. The van der Waals surface area contributed by atoms with Crippen LogP contribution in [0.4, 0.5) is 4.39 Å². The SMILES string of the molecule is CCOC(=O)c1sc2c(c1C)c(=O)n(C(C)(C)C(=O)OC(C)(C)C)c(=O)n2CC(OCCC#N)c1cc(F)ccc1OC. The van der Waals surface area contributed by atoms with Gasteiger partial charge in [-0.05, 0) is 72.2 Å². The molecule has 0 bridgehead atoms. The van der Waals surface area contributed by atoms with Crippen molar-refractivity contribution in [3.05, 3.63) is 60.9 Å². The molecule has 3 rings (SSSR count). The number of halogens is 1. The van der Waals surface area contributed by atoms with Crippen molar-refractivity contribution in [2.75, 3.05) is 20.3 Å². The minimum absolute atomic E-state index is 0.00866. The van der Waals surface area contributed by atoms with E-state index in [1.807, 2.05) is 6.07 Å². The summed E-state index contributed by atoms with van der Waals surface area (Å²) in [5, 5.41) is 9.13. The predicted molar refractivity (Wildman–Crippen MR) is 158 cm³/mol. The first-order valence-electron chi connectivity index (χ1n) is 13.6. The number of carbonyl (C=O) groups excluding carboxylic acids is 2. The maximum atomic E-state index is 14.4. The topological polar surface area (TPSA) is 139 Å². The lowest BCUT2D eigenvalue weighted by atomic mass is 10.0. The van der Waals surface area contributed by atoms with Gasteiger partial charge >= 0.3 is 17.6 Å². The molecule has 0 aliphatic rings. The Bertz CT molecular complexity index is 1690. The summed E-state index contributed by atoms with van der Waals surface area (Å²) in [4.78, 5) is 54.7. The van der Waals surface area contributed by atoms with Gasteiger partial charge in [-0.2, -0.15) is 5.26 Å². The van der Waals surface area contributed by atoms with Gasteiger partial charge in [0.15, 0.2) is 0 Å². The molecule has 0 aliphatic carbocycles. The number of esters is 2. The van der Waals surface area contributed by atoms with E-state index < -0.39 is 46.2 Å². The lowest BCUT2D eigenvalue weighted by Gasteiger charge is -2.30.